The Kier molecular flexibility index (Phi) is 5.77. The number of thiazole rings is 1. The summed E-state index contributed by atoms with van der Waals surface area (Å²) >= 11 is 1.34. The van der Waals surface area contributed by atoms with Crippen LogP contribution in [0.15, 0.2) is 41.6 Å². The van der Waals surface area contributed by atoms with E-state index < -0.39 is 4.92 Å². The number of nitrogens with zero attached hydrogens (tertiary/aromatic N) is 6. The molecular formula is C20H19N7O4S. The first-order valence-electron chi connectivity index (χ1n) is 9.70. The lowest BCUT2D eigenvalue weighted by Crippen LogP contribution is -2.27. The standard InChI is InChI=1S/C20H19N7O4S/c1-12-17(32-13(2)24-12)19(28)21-6-7-26-18-16(9-23-26)20(29)25(11-22-18)10-14-4-3-5-15(8-14)27(30)31/h3-5,8-9,11H,6-7,10H2,1-2H3,(H,21,28). The number of hydrogen-bond donors (Lipinski definition) is 1. The number of aromatic nitrogens is 5. The minimum atomic E-state index is -0.478. The van der Waals surface area contributed by atoms with Crippen molar-refractivity contribution in [3.05, 3.63) is 78.4 Å². The van der Waals surface area contributed by atoms with E-state index in [1.807, 2.05) is 6.92 Å². The number of carbonyl (C=O) groups excluding carboxylic acids is 1. The van der Waals surface area contributed by atoms with Gasteiger partial charge in [0.05, 0.1) is 34.9 Å². The van der Waals surface area contributed by atoms with Gasteiger partial charge in [-0.2, -0.15) is 5.10 Å². The molecule has 4 aromatic rings. The second-order valence-corrected chi connectivity index (χ2v) is 8.32. The van der Waals surface area contributed by atoms with Crippen LogP contribution in [0.1, 0.15) is 25.9 Å². The predicted octanol–water partition coefficient (Wildman–Crippen LogP) is 2.05. The maximum Gasteiger partial charge on any atom is 0.269 e. The fraction of sp³-hybridized carbons (Fsp3) is 0.250. The summed E-state index contributed by atoms with van der Waals surface area (Å²) in [4.78, 5) is 44.8. The van der Waals surface area contributed by atoms with Gasteiger partial charge in [0.1, 0.15) is 16.6 Å². The molecule has 0 bridgehead atoms. The lowest BCUT2D eigenvalue weighted by molar-refractivity contribution is -0.384. The molecule has 12 heteroatoms. The van der Waals surface area contributed by atoms with Crippen molar-refractivity contribution >= 4 is 34.0 Å². The Bertz CT molecular complexity index is 1390. The van der Waals surface area contributed by atoms with Crippen LogP contribution in [0.2, 0.25) is 0 Å². The zero-order valence-corrected chi connectivity index (χ0v) is 18.1. The number of non-ortho nitro benzene ring substituents is 1. The maximum absolute atomic E-state index is 12.8. The van der Waals surface area contributed by atoms with Gasteiger partial charge >= 0.3 is 0 Å². The monoisotopic (exact) mass is 453 g/mol. The van der Waals surface area contributed by atoms with Crippen LogP contribution >= 0.6 is 11.3 Å². The van der Waals surface area contributed by atoms with Crippen molar-refractivity contribution in [3.63, 3.8) is 0 Å². The lowest BCUT2D eigenvalue weighted by atomic mass is 10.2. The van der Waals surface area contributed by atoms with Crippen molar-refractivity contribution in [2.24, 2.45) is 0 Å². The third kappa shape index (κ3) is 4.25. The minimum absolute atomic E-state index is 0.0388. The van der Waals surface area contributed by atoms with E-state index in [2.05, 4.69) is 20.4 Å². The van der Waals surface area contributed by atoms with Gasteiger partial charge in [-0.25, -0.2) is 14.6 Å². The lowest BCUT2D eigenvalue weighted by Gasteiger charge is -2.07. The van der Waals surface area contributed by atoms with Crippen LogP contribution in [0.5, 0.6) is 0 Å². The van der Waals surface area contributed by atoms with Crippen molar-refractivity contribution in [2.75, 3.05) is 6.54 Å². The molecule has 0 radical (unpaired) electrons. The molecule has 0 atom stereocenters. The molecule has 164 valence electrons. The minimum Gasteiger partial charge on any atom is -0.349 e. The summed E-state index contributed by atoms with van der Waals surface area (Å²) in [6.07, 6.45) is 2.83. The molecule has 0 saturated heterocycles. The highest BCUT2D eigenvalue weighted by molar-refractivity contribution is 7.13. The van der Waals surface area contributed by atoms with Crippen molar-refractivity contribution < 1.29 is 9.72 Å². The van der Waals surface area contributed by atoms with Crippen molar-refractivity contribution in [2.45, 2.75) is 26.9 Å². The largest absolute Gasteiger partial charge is 0.349 e. The highest BCUT2D eigenvalue weighted by Crippen LogP contribution is 2.17. The molecular weight excluding hydrogens is 434 g/mol. The van der Waals surface area contributed by atoms with Crippen molar-refractivity contribution in [1.29, 1.82) is 0 Å². The summed E-state index contributed by atoms with van der Waals surface area (Å²) in [5.74, 6) is -0.197. The molecule has 0 aliphatic heterocycles. The fourth-order valence-electron chi connectivity index (χ4n) is 3.34. The van der Waals surface area contributed by atoms with E-state index in [0.717, 1.165) is 5.01 Å². The fourth-order valence-corrected chi connectivity index (χ4v) is 4.17. The molecule has 1 aromatic carbocycles. The molecule has 3 heterocycles. The van der Waals surface area contributed by atoms with Gasteiger partial charge in [0.15, 0.2) is 5.65 Å². The molecule has 0 fully saturated rings. The zero-order valence-electron chi connectivity index (χ0n) is 17.3. The van der Waals surface area contributed by atoms with Crippen LogP contribution in [0.4, 0.5) is 5.69 Å². The number of nitro groups is 1. The Hall–Kier alpha value is -3.93. The van der Waals surface area contributed by atoms with E-state index in [-0.39, 0.29) is 23.7 Å². The van der Waals surface area contributed by atoms with Crippen molar-refractivity contribution in [3.8, 4) is 0 Å². The molecule has 4 rings (SSSR count). The van der Waals surface area contributed by atoms with Gasteiger partial charge in [-0.05, 0) is 19.4 Å². The van der Waals surface area contributed by atoms with Gasteiger partial charge < -0.3 is 5.32 Å². The van der Waals surface area contributed by atoms with E-state index in [4.69, 9.17) is 0 Å². The number of carbonyl (C=O) groups is 1. The molecule has 11 nitrogen and oxygen atoms in total. The number of nitrogens with one attached hydrogen (secondary N) is 1. The van der Waals surface area contributed by atoms with E-state index in [9.17, 15) is 19.7 Å². The average molecular weight is 453 g/mol. The second-order valence-electron chi connectivity index (χ2n) is 7.11. The van der Waals surface area contributed by atoms with Gasteiger partial charge in [0.25, 0.3) is 17.2 Å². The highest BCUT2D eigenvalue weighted by Gasteiger charge is 2.15. The molecule has 0 aliphatic carbocycles. The Morgan fingerprint density at radius 2 is 2.12 bits per heavy atom. The normalized spacial score (nSPS) is 11.1. The van der Waals surface area contributed by atoms with Gasteiger partial charge in [-0.1, -0.05) is 12.1 Å². The SMILES string of the molecule is Cc1nc(C)c(C(=O)NCCn2ncc3c(=O)n(Cc4cccc([N+](=O)[O-])c4)cnc32)s1. The predicted molar refractivity (Wildman–Crippen MR) is 118 cm³/mol. The Morgan fingerprint density at radius 1 is 1.31 bits per heavy atom. The number of benzene rings is 1. The number of amides is 1. The van der Waals surface area contributed by atoms with E-state index in [1.165, 1.54) is 40.6 Å². The quantitative estimate of drug-likeness (QED) is 0.334. The van der Waals surface area contributed by atoms with E-state index >= 15 is 0 Å². The number of aryl methyl sites for hydroxylation is 2. The van der Waals surface area contributed by atoms with Crippen LogP contribution in [-0.4, -0.2) is 41.7 Å². The van der Waals surface area contributed by atoms with Crippen molar-refractivity contribution in [1.82, 2.24) is 29.6 Å². The van der Waals surface area contributed by atoms with E-state index in [1.54, 1.807) is 23.7 Å². The summed E-state index contributed by atoms with van der Waals surface area (Å²) < 4.78 is 2.93. The van der Waals surface area contributed by atoms with E-state index in [0.29, 0.717) is 40.3 Å². The van der Waals surface area contributed by atoms with Crippen LogP contribution in [0.25, 0.3) is 11.0 Å². The smallest absolute Gasteiger partial charge is 0.269 e. The number of hydrogen-bond acceptors (Lipinski definition) is 8. The molecule has 3 aromatic heterocycles. The molecule has 0 aliphatic rings. The summed E-state index contributed by atoms with van der Waals surface area (Å²) in [5, 5.41) is 19.2. The average Bonchev–Trinajstić information content (AvgIpc) is 3.33. The highest BCUT2D eigenvalue weighted by atomic mass is 32.1. The summed E-state index contributed by atoms with van der Waals surface area (Å²) in [6, 6.07) is 6.11. The first-order valence-corrected chi connectivity index (χ1v) is 10.5. The maximum atomic E-state index is 12.8. The van der Waals surface area contributed by atoms with Crippen LogP contribution in [0.3, 0.4) is 0 Å². The molecule has 0 saturated carbocycles. The first-order chi connectivity index (χ1) is 15.3. The number of fused-ring (bicyclic) bond motifs is 1. The van der Waals surface area contributed by atoms with Gasteiger partial charge in [0, 0.05) is 18.7 Å². The van der Waals surface area contributed by atoms with Gasteiger partial charge in [-0.15, -0.1) is 11.3 Å². The summed E-state index contributed by atoms with van der Waals surface area (Å²) in [6.45, 7) is 4.44. The second kappa shape index (κ2) is 8.67. The third-order valence-electron chi connectivity index (χ3n) is 4.82. The van der Waals surface area contributed by atoms with Crippen LogP contribution in [-0.2, 0) is 13.1 Å². The molecule has 0 spiro atoms. The molecule has 0 unspecified atom stereocenters. The third-order valence-corrected chi connectivity index (χ3v) is 5.89. The van der Waals surface area contributed by atoms with Crippen LogP contribution in [0, 0.1) is 24.0 Å². The Morgan fingerprint density at radius 3 is 2.84 bits per heavy atom. The summed E-state index contributed by atoms with van der Waals surface area (Å²) in [5.41, 5.74) is 1.38. The number of nitro benzene ring substituents is 1. The van der Waals surface area contributed by atoms with Gasteiger partial charge in [-0.3, -0.25) is 24.3 Å². The van der Waals surface area contributed by atoms with Crippen LogP contribution < -0.4 is 10.9 Å². The topological polar surface area (TPSA) is 138 Å². The number of rotatable bonds is 7. The molecule has 1 N–H and O–H groups in total. The molecule has 32 heavy (non-hydrogen) atoms. The summed E-state index contributed by atoms with van der Waals surface area (Å²) in [7, 11) is 0. The Labute approximate surface area is 185 Å². The zero-order chi connectivity index (χ0) is 22.8. The molecule has 1 amide bonds. The van der Waals surface area contributed by atoms with Gasteiger partial charge in [0.2, 0.25) is 0 Å². The first kappa shape index (κ1) is 21.3. The Balaban J connectivity index is 1.47.